The molecule has 0 aliphatic heterocycles. The minimum Gasteiger partial charge on any atom is -0.549 e. The van der Waals surface area contributed by atoms with Gasteiger partial charge in [-0.05, 0) is 49.8 Å². The molecule has 1 aliphatic carbocycles. The first-order valence-corrected chi connectivity index (χ1v) is 10.3. The summed E-state index contributed by atoms with van der Waals surface area (Å²) in [6.07, 6.45) is 4.12. The monoisotopic (exact) mass is 385 g/mol. The van der Waals surface area contributed by atoms with Gasteiger partial charge in [0.05, 0.1) is 17.0 Å². The van der Waals surface area contributed by atoms with Gasteiger partial charge in [0, 0.05) is 10.6 Å². The van der Waals surface area contributed by atoms with E-state index in [1.54, 1.807) is 15.9 Å². The third kappa shape index (κ3) is 2.95. The normalized spacial score (nSPS) is 13.7. The predicted octanol–water partition coefficient (Wildman–Crippen LogP) is 2.48. The molecule has 2 aromatic heterocycles. The van der Waals surface area contributed by atoms with Crippen LogP contribution in [0, 0.1) is 6.92 Å². The molecular formula is C19H17N2O3S2-. The Morgan fingerprint density at radius 3 is 2.85 bits per heavy atom. The minimum atomic E-state index is -1.17. The molecule has 0 N–H and O–H groups in total. The highest BCUT2D eigenvalue weighted by atomic mass is 32.2. The summed E-state index contributed by atoms with van der Waals surface area (Å²) in [5.74, 6) is -1.42. The number of hydrogen-bond donors (Lipinski definition) is 0. The summed E-state index contributed by atoms with van der Waals surface area (Å²) in [5.41, 5.74) is 2.70. The Balaban J connectivity index is 2.01. The molecular weight excluding hydrogens is 368 g/mol. The van der Waals surface area contributed by atoms with Crippen LogP contribution in [0.2, 0.25) is 0 Å². The average molecular weight is 385 g/mol. The lowest BCUT2D eigenvalue weighted by Crippen LogP contribution is -2.26. The second kappa shape index (κ2) is 6.89. The van der Waals surface area contributed by atoms with Gasteiger partial charge in [0.1, 0.15) is 4.83 Å². The number of thioether (sulfide) groups is 1. The zero-order valence-corrected chi connectivity index (χ0v) is 15.9. The average Bonchev–Trinajstić information content (AvgIpc) is 2.99. The number of nitrogens with zero attached hydrogens (tertiary/aromatic N) is 2. The number of carboxylic acid groups (broad SMARTS) is 1. The smallest absolute Gasteiger partial charge is 0.267 e. The van der Waals surface area contributed by atoms with Crippen molar-refractivity contribution in [2.45, 2.75) is 37.8 Å². The number of carbonyl (C=O) groups is 1. The summed E-state index contributed by atoms with van der Waals surface area (Å²) in [4.78, 5) is 31.0. The van der Waals surface area contributed by atoms with Crippen LogP contribution in [-0.4, -0.2) is 21.3 Å². The fourth-order valence-corrected chi connectivity index (χ4v) is 5.46. The lowest BCUT2D eigenvalue weighted by atomic mass is 9.97. The van der Waals surface area contributed by atoms with Gasteiger partial charge in [0.25, 0.3) is 5.56 Å². The number of hydrogen-bond acceptors (Lipinski definition) is 6. The topological polar surface area (TPSA) is 75.0 Å². The van der Waals surface area contributed by atoms with E-state index in [1.165, 1.54) is 4.88 Å². The van der Waals surface area contributed by atoms with E-state index in [1.807, 2.05) is 31.2 Å². The van der Waals surface area contributed by atoms with Crippen molar-refractivity contribution < 1.29 is 9.90 Å². The van der Waals surface area contributed by atoms with Crippen LogP contribution < -0.4 is 10.7 Å². The maximum absolute atomic E-state index is 13.4. The zero-order chi connectivity index (χ0) is 18.3. The van der Waals surface area contributed by atoms with Crippen LogP contribution >= 0.6 is 23.1 Å². The molecule has 0 bridgehead atoms. The molecule has 0 unspecified atom stereocenters. The number of thiophene rings is 1. The van der Waals surface area contributed by atoms with Gasteiger partial charge in [0.2, 0.25) is 0 Å². The molecule has 0 spiro atoms. The highest BCUT2D eigenvalue weighted by molar-refractivity contribution is 7.99. The van der Waals surface area contributed by atoms with Crippen molar-refractivity contribution in [3.05, 3.63) is 50.6 Å². The molecule has 26 heavy (non-hydrogen) atoms. The van der Waals surface area contributed by atoms with Crippen LogP contribution in [0.25, 0.3) is 15.9 Å². The Kier molecular flexibility index (Phi) is 4.58. The molecule has 0 amide bonds. The van der Waals surface area contributed by atoms with Crippen LogP contribution in [0.1, 0.15) is 28.8 Å². The molecule has 4 rings (SSSR count). The van der Waals surface area contributed by atoms with Crippen LogP contribution in [-0.2, 0) is 17.6 Å². The van der Waals surface area contributed by atoms with E-state index in [4.69, 9.17) is 0 Å². The van der Waals surface area contributed by atoms with Crippen molar-refractivity contribution in [3.63, 3.8) is 0 Å². The van der Waals surface area contributed by atoms with Gasteiger partial charge in [-0.3, -0.25) is 9.36 Å². The lowest BCUT2D eigenvalue weighted by molar-refractivity contribution is -0.301. The van der Waals surface area contributed by atoms with Crippen molar-refractivity contribution in [2.75, 3.05) is 5.75 Å². The third-order valence-corrected chi connectivity index (χ3v) is 6.73. The zero-order valence-electron chi connectivity index (χ0n) is 14.3. The number of para-hydroxylation sites is 1. The molecule has 3 aromatic rings. The number of carbonyl (C=O) groups excluding carboxylic acids is 1. The Morgan fingerprint density at radius 2 is 2.08 bits per heavy atom. The number of aromatic nitrogens is 2. The van der Waals surface area contributed by atoms with Crippen molar-refractivity contribution >= 4 is 39.3 Å². The SMILES string of the molecule is Cc1ccccc1-n1c(SCC(=O)[O-])nc2sc3c(c2c1=O)CCCC3. The lowest BCUT2D eigenvalue weighted by Gasteiger charge is -2.15. The van der Waals surface area contributed by atoms with Crippen molar-refractivity contribution in [2.24, 2.45) is 0 Å². The fraction of sp³-hybridized carbons (Fsp3) is 0.316. The molecule has 0 fully saturated rings. The molecule has 1 aliphatic rings. The highest BCUT2D eigenvalue weighted by Gasteiger charge is 2.23. The Hall–Kier alpha value is -2.12. The summed E-state index contributed by atoms with van der Waals surface area (Å²) in [6, 6.07) is 7.58. The van der Waals surface area contributed by atoms with Gasteiger partial charge >= 0.3 is 0 Å². The number of fused-ring (bicyclic) bond motifs is 3. The molecule has 0 radical (unpaired) electrons. The Labute approximate surface area is 158 Å². The van der Waals surface area contributed by atoms with E-state index in [0.717, 1.165) is 54.3 Å². The van der Waals surface area contributed by atoms with E-state index < -0.39 is 5.97 Å². The van der Waals surface area contributed by atoms with Crippen molar-refractivity contribution in [1.29, 1.82) is 0 Å². The van der Waals surface area contributed by atoms with Gasteiger partial charge in [-0.15, -0.1) is 11.3 Å². The summed E-state index contributed by atoms with van der Waals surface area (Å²) >= 11 is 2.60. The summed E-state index contributed by atoms with van der Waals surface area (Å²) in [6.45, 7) is 1.93. The molecule has 0 saturated heterocycles. The number of rotatable bonds is 4. The first kappa shape index (κ1) is 17.3. The first-order chi connectivity index (χ1) is 12.6. The number of aliphatic carboxylic acids is 1. The van der Waals surface area contributed by atoms with Gasteiger partial charge in [-0.2, -0.15) is 0 Å². The molecule has 0 atom stereocenters. The first-order valence-electron chi connectivity index (χ1n) is 8.52. The van der Waals surface area contributed by atoms with Crippen LogP contribution in [0.3, 0.4) is 0 Å². The minimum absolute atomic E-state index is 0.107. The highest BCUT2D eigenvalue weighted by Crippen LogP contribution is 2.35. The largest absolute Gasteiger partial charge is 0.549 e. The van der Waals surface area contributed by atoms with Crippen molar-refractivity contribution in [1.82, 2.24) is 9.55 Å². The molecule has 0 saturated carbocycles. The predicted molar refractivity (Wildman–Crippen MR) is 102 cm³/mol. The van der Waals surface area contributed by atoms with Crippen LogP contribution in [0.4, 0.5) is 0 Å². The van der Waals surface area contributed by atoms with E-state index in [2.05, 4.69) is 4.98 Å². The molecule has 2 heterocycles. The quantitative estimate of drug-likeness (QED) is 0.509. The van der Waals surface area contributed by atoms with Gasteiger partial charge < -0.3 is 9.90 Å². The molecule has 7 heteroatoms. The summed E-state index contributed by atoms with van der Waals surface area (Å²) < 4.78 is 1.56. The van der Waals surface area contributed by atoms with Crippen LogP contribution in [0.15, 0.2) is 34.2 Å². The fourth-order valence-electron chi connectivity index (χ4n) is 3.43. The van der Waals surface area contributed by atoms with Gasteiger partial charge in [-0.1, -0.05) is 30.0 Å². The third-order valence-electron chi connectivity index (χ3n) is 4.63. The second-order valence-electron chi connectivity index (χ2n) is 6.37. The van der Waals surface area contributed by atoms with Crippen LogP contribution in [0.5, 0.6) is 0 Å². The summed E-state index contributed by atoms with van der Waals surface area (Å²) in [5, 5.41) is 12.1. The van der Waals surface area contributed by atoms with Gasteiger partial charge in [0.15, 0.2) is 5.16 Å². The number of carboxylic acids is 1. The van der Waals surface area contributed by atoms with Crippen molar-refractivity contribution in [3.8, 4) is 5.69 Å². The number of benzene rings is 1. The van der Waals surface area contributed by atoms with E-state index in [0.29, 0.717) is 15.4 Å². The number of aryl methyl sites for hydroxylation is 3. The second-order valence-corrected chi connectivity index (χ2v) is 8.40. The van der Waals surface area contributed by atoms with E-state index in [-0.39, 0.29) is 11.3 Å². The molecule has 134 valence electrons. The van der Waals surface area contributed by atoms with E-state index >= 15 is 0 Å². The maximum Gasteiger partial charge on any atom is 0.267 e. The van der Waals surface area contributed by atoms with E-state index in [9.17, 15) is 14.7 Å². The Morgan fingerprint density at radius 1 is 1.31 bits per heavy atom. The standard InChI is InChI=1S/C19H18N2O3S2/c1-11-6-2-4-8-13(11)21-18(24)16-12-7-3-5-9-14(12)26-17(16)20-19(21)25-10-15(22)23/h2,4,6,8H,3,5,7,9-10H2,1H3,(H,22,23)/p-1. The summed E-state index contributed by atoms with van der Waals surface area (Å²) in [7, 11) is 0. The van der Waals surface area contributed by atoms with Gasteiger partial charge in [-0.25, -0.2) is 4.98 Å². The maximum atomic E-state index is 13.4. The Bertz CT molecular complexity index is 1070. The molecule has 1 aromatic carbocycles. The molecule has 5 nitrogen and oxygen atoms in total.